The molecule has 1 amide bonds. The number of nitrogens with zero attached hydrogens (tertiary/aromatic N) is 1. The molecule has 13 heteroatoms. The van der Waals surface area contributed by atoms with Crippen LogP contribution in [0.1, 0.15) is 51.9 Å². The summed E-state index contributed by atoms with van der Waals surface area (Å²) in [6.45, 7) is 1.61. The highest BCUT2D eigenvalue weighted by molar-refractivity contribution is 7.99. The first kappa shape index (κ1) is 32.4. The number of aliphatic hydroxyl groups is 1. The highest BCUT2D eigenvalue weighted by Crippen LogP contribution is 2.43. The SMILES string of the molecule is CC1C(CSc2cccc[n+]2[O-])OC(c2ccc(CNC(=O)c3c(F)c(F)c(F)c(F)c3F)cc2)OC1c1ccc(CO)cc1. The molecule has 3 aromatic carbocycles. The van der Waals surface area contributed by atoms with Crippen molar-refractivity contribution in [1.82, 2.24) is 5.32 Å². The van der Waals surface area contributed by atoms with Crippen molar-refractivity contribution in [2.75, 3.05) is 5.75 Å². The van der Waals surface area contributed by atoms with Gasteiger partial charge in [0.05, 0.1) is 18.8 Å². The molecule has 5 rings (SSSR count). The summed E-state index contributed by atoms with van der Waals surface area (Å²) in [6.07, 6.45) is -0.173. The summed E-state index contributed by atoms with van der Waals surface area (Å²) in [5, 5.41) is 24.3. The van der Waals surface area contributed by atoms with Gasteiger partial charge in [-0.15, -0.1) is 0 Å². The van der Waals surface area contributed by atoms with Crippen LogP contribution in [-0.4, -0.2) is 22.9 Å². The van der Waals surface area contributed by atoms with Crippen LogP contribution in [0.4, 0.5) is 22.0 Å². The molecule has 1 aromatic heterocycles. The van der Waals surface area contributed by atoms with Crippen LogP contribution >= 0.6 is 11.8 Å². The lowest BCUT2D eigenvalue weighted by atomic mass is 9.91. The highest BCUT2D eigenvalue weighted by atomic mass is 32.2. The lowest BCUT2D eigenvalue weighted by Crippen LogP contribution is -2.39. The molecular weight excluding hydrogens is 619 g/mol. The minimum absolute atomic E-state index is 0.104. The number of thioether (sulfide) groups is 1. The van der Waals surface area contributed by atoms with E-state index in [1.165, 1.54) is 18.0 Å². The van der Waals surface area contributed by atoms with E-state index in [2.05, 4.69) is 5.32 Å². The van der Waals surface area contributed by atoms with Crippen LogP contribution in [0.15, 0.2) is 78.0 Å². The Kier molecular flexibility index (Phi) is 10.0. The Morgan fingerprint density at radius 1 is 0.867 bits per heavy atom. The van der Waals surface area contributed by atoms with Gasteiger partial charge < -0.3 is 25.1 Å². The molecular formula is C32H27F5N2O5S. The zero-order chi connectivity index (χ0) is 32.2. The summed E-state index contributed by atoms with van der Waals surface area (Å²) in [4.78, 5) is 12.3. The van der Waals surface area contributed by atoms with E-state index in [1.807, 2.05) is 19.1 Å². The fraction of sp³-hybridized carbons (Fsp3) is 0.250. The number of rotatable bonds is 9. The maximum Gasteiger partial charge on any atom is 0.257 e. The molecule has 2 heterocycles. The molecule has 0 bridgehead atoms. The van der Waals surface area contributed by atoms with Crippen molar-refractivity contribution in [3.05, 3.63) is 135 Å². The highest BCUT2D eigenvalue weighted by Gasteiger charge is 2.39. The normalized spacial score (nSPS) is 19.8. The molecule has 0 aliphatic carbocycles. The second kappa shape index (κ2) is 13.9. The van der Waals surface area contributed by atoms with E-state index in [-0.39, 0.29) is 25.2 Å². The van der Waals surface area contributed by atoms with Crippen molar-refractivity contribution >= 4 is 17.7 Å². The Morgan fingerprint density at radius 2 is 1.47 bits per heavy atom. The number of amides is 1. The van der Waals surface area contributed by atoms with Crippen molar-refractivity contribution in [1.29, 1.82) is 0 Å². The predicted molar refractivity (Wildman–Crippen MR) is 153 cm³/mol. The summed E-state index contributed by atoms with van der Waals surface area (Å²) in [6, 6.07) is 19.0. The average Bonchev–Trinajstić information content (AvgIpc) is 3.06. The topological polar surface area (TPSA) is 94.7 Å². The van der Waals surface area contributed by atoms with E-state index in [4.69, 9.17) is 9.47 Å². The minimum Gasteiger partial charge on any atom is -0.618 e. The van der Waals surface area contributed by atoms with Crippen LogP contribution in [0.2, 0.25) is 0 Å². The molecule has 0 saturated carbocycles. The van der Waals surface area contributed by atoms with Crippen molar-refractivity contribution in [2.45, 2.75) is 43.6 Å². The standard InChI is InChI=1S/C32H27F5N2O5S/c1-17-22(16-45-23-4-2-3-13-39(23)42)43-32(44-30(17)20-9-7-19(15-40)8-10-20)21-11-5-18(6-12-21)14-38-31(41)24-25(33)27(35)29(37)28(36)26(24)34/h2-13,17,22,30,32,40H,14-16H2,1H3,(H,38,41). The van der Waals surface area contributed by atoms with Crippen LogP contribution in [0, 0.1) is 40.2 Å². The van der Waals surface area contributed by atoms with Crippen LogP contribution in [0.25, 0.3) is 0 Å². The number of pyridine rings is 1. The van der Waals surface area contributed by atoms with E-state index in [0.29, 0.717) is 21.9 Å². The largest absolute Gasteiger partial charge is 0.618 e. The summed E-state index contributed by atoms with van der Waals surface area (Å²) < 4.78 is 82.0. The molecule has 4 unspecified atom stereocenters. The summed E-state index contributed by atoms with van der Waals surface area (Å²) in [5.74, 6) is -12.3. The Hall–Kier alpha value is -4.04. The molecule has 4 atom stereocenters. The fourth-order valence-corrected chi connectivity index (χ4v) is 5.95. The lowest BCUT2D eigenvalue weighted by molar-refractivity contribution is -0.645. The number of halogens is 5. The molecule has 1 fully saturated rings. The monoisotopic (exact) mass is 646 g/mol. The summed E-state index contributed by atoms with van der Waals surface area (Å²) in [7, 11) is 0. The van der Waals surface area contributed by atoms with Gasteiger partial charge in [0.25, 0.3) is 10.9 Å². The Morgan fingerprint density at radius 3 is 2.09 bits per heavy atom. The molecule has 236 valence electrons. The minimum atomic E-state index is -2.35. The Balaban J connectivity index is 1.32. The van der Waals surface area contributed by atoms with Gasteiger partial charge in [-0.1, -0.05) is 67.2 Å². The number of carbonyl (C=O) groups excluding carboxylic acids is 1. The zero-order valence-electron chi connectivity index (χ0n) is 23.7. The number of hydrogen-bond donors (Lipinski definition) is 2. The third kappa shape index (κ3) is 6.96. The van der Waals surface area contributed by atoms with Crippen LogP contribution in [-0.2, 0) is 22.6 Å². The Bertz CT molecular complexity index is 1650. The summed E-state index contributed by atoms with van der Waals surface area (Å²) >= 11 is 1.35. The third-order valence-electron chi connectivity index (χ3n) is 7.45. The van der Waals surface area contributed by atoms with E-state index in [1.54, 1.807) is 54.6 Å². The second-order valence-corrected chi connectivity index (χ2v) is 11.4. The third-order valence-corrected chi connectivity index (χ3v) is 8.56. The van der Waals surface area contributed by atoms with Gasteiger partial charge in [-0.2, -0.15) is 4.73 Å². The molecule has 45 heavy (non-hydrogen) atoms. The van der Waals surface area contributed by atoms with Gasteiger partial charge in [0.15, 0.2) is 35.8 Å². The number of aromatic nitrogens is 1. The maximum atomic E-state index is 14.0. The van der Waals surface area contributed by atoms with Gasteiger partial charge in [0.1, 0.15) is 5.56 Å². The molecule has 0 spiro atoms. The smallest absolute Gasteiger partial charge is 0.257 e. The average molecular weight is 647 g/mol. The number of aliphatic hydroxyl groups excluding tert-OH is 1. The number of ether oxygens (including phenoxy) is 2. The predicted octanol–water partition coefficient (Wildman–Crippen LogP) is 6.02. The van der Waals surface area contributed by atoms with Crippen LogP contribution < -0.4 is 10.0 Å². The van der Waals surface area contributed by atoms with Gasteiger partial charge in [-0.05, 0) is 22.8 Å². The van der Waals surface area contributed by atoms with E-state index in [0.717, 1.165) is 15.9 Å². The molecule has 0 radical (unpaired) electrons. The van der Waals surface area contributed by atoms with Crippen molar-refractivity contribution < 1.29 is 46.1 Å². The van der Waals surface area contributed by atoms with Gasteiger partial charge >= 0.3 is 0 Å². The van der Waals surface area contributed by atoms with E-state index < -0.39 is 53.0 Å². The molecule has 1 aliphatic rings. The number of benzene rings is 3. The lowest BCUT2D eigenvalue weighted by Gasteiger charge is -2.41. The molecule has 1 aliphatic heterocycles. The molecule has 1 saturated heterocycles. The quantitative estimate of drug-likeness (QED) is 0.0577. The summed E-state index contributed by atoms with van der Waals surface area (Å²) in [5.41, 5.74) is 1.12. The maximum absolute atomic E-state index is 14.0. The number of carbonyl (C=O) groups is 1. The molecule has 2 N–H and O–H groups in total. The first-order chi connectivity index (χ1) is 21.6. The van der Waals surface area contributed by atoms with Crippen molar-refractivity contribution in [3.8, 4) is 0 Å². The van der Waals surface area contributed by atoms with Crippen LogP contribution in [0.3, 0.4) is 0 Å². The van der Waals surface area contributed by atoms with Gasteiger partial charge in [-0.25, -0.2) is 22.0 Å². The van der Waals surface area contributed by atoms with Crippen molar-refractivity contribution in [2.24, 2.45) is 5.92 Å². The second-order valence-electron chi connectivity index (χ2n) is 10.4. The fourth-order valence-electron chi connectivity index (χ4n) is 4.87. The van der Waals surface area contributed by atoms with Gasteiger partial charge in [0, 0.05) is 35.9 Å². The zero-order valence-corrected chi connectivity index (χ0v) is 24.5. The van der Waals surface area contributed by atoms with Crippen LogP contribution in [0.5, 0.6) is 0 Å². The molecule has 7 nitrogen and oxygen atoms in total. The van der Waals surface area contributed by atoms with Gasteiger partial charge in [-0.3, -0.25) is 4.79 Å². The van der Waals surface area contributed by atoms with Gasteiger partial charge in [0.2, 0.25) is 5.82 Å². The van der Waals surface area contributed by atoms with E-state index in [9.17, 15) is 37.1 Å². The first-order valence-corrected chi connectivity index (χ1v) is 14.8. The van der Waals surface area contributed by atoms with E-state index >= 15 is 0 Å². The number of nitrogens with one attached hydrogen (secondary N) is 1. The Labute approximate surface area is 259 Å². The molecule has 4 aromatic rings. The first-order valence-electron chi connectivity index (χ1n) is 13.8. The number of hydrogen-bond acceptors (Lipinski definition) is 6. The van der Waals surface area contributed by atoms with Crippen molar-refractivity contribution in [3.63, 3.8) is 0 Å².